The standard InChI is InChI=1S/C9H10ClNO2.2C2H6/c1-2-6-5-7(3-4-12)11-9(10)8(6)13;2*1-2/h2,5,12-13H,1,3-4H2;2*1-2H3. The maximum absolute atomic E-state index is 9.36. The molecule has 0 aliphatic carbocycles. The number of aliphatic hydroxyl groups excluding tert-OH is 1. The van der Waals surface area contributed by atoms with Gasteiger partial charge in [-0.15, -0.1) is 0 Å². The first kappa shape index (κ1) is 18.3. The van der Waals surface area contributed by atoms with Crippen molar-refractivity contribution in [3.63, 3.8) is 0 Å². The van der Waals surface area contributed by atoms with Crippen molar-refractivity contribution in [3.8, 4) is 5.75 Å². The number of hydrogen-bond donors (Lipinski definition) is 2. The van der Waals surface area contributed by atoms with Crippen LogP contribution in [0.1, 0.15) is 39.0 Å². The fraction of sp³-hybridized carbons (Fsp3) is 0.462. The second-order valence-corrected chi connectivity index (χ2v) is 2.88. The molecule has 0 saturated heterocycles. The minimum atomic E-state index is -0.0710. The molecular formula is C13H22ClNO2. The van der Waals surface area contributed by atoms with Gasteiger partial charge in [0.1, 0.15) is 0 Å². The van der Waals surface area contributed by atoms with Crippen LogP contribution >= 0.6 is 11.6 Å². The monoisotopic (exact) mass is 259 g/mol. The zero-order valence-corrected chi connectivity index (χ0v) is 11.8. The zero-order valence-electron chi connectivity index (χ0n) is 11.0. The maximum Gasteiger partial charge on any atom is 0.171 e. The summed E-state index contributed by atoms with van der Waals surface area (Å²) in [5.41, 5.74) is 1.17. The molecule has 17 heavy (non-hydrogen) atoms. The highest BCUT2D eigenvalue weighted by Gasteiger charge is 2.06. The molecule has 1 heterocycles. The van der Waals surface area contributed by atoms with E-state index in [2.05, 4.69) is 11.6 Å². The molecule has 0 aliphatic heterocycles. The van der Waals surface area contributed by atoms with Gasteiger partial charge < -0.3 is 10.2 Å². The Hall–Kier alpha value is -1.06. The molecule has 1 aromatic heterocycles. The van der Waals surface area contributed by atoms with Crippen LogP contribution in [-0.2, 0) is 6.42 Å². The van der Waals surface area contributed by atoms with Crippen molar-refractivity contribution in [2.24, 2.45) is 0 Å². The SMILES string of the molecule is C=Cc1cc(CCO)nc(Cl)c1O.CC.CC. The summed E-state index contributed by atoms with van der Waals surface area (Å²) in [6, 6.07) is 1.64. The Labute approximate surface area is 109 Å². The van der Waals surface area contributed by atoms with Gasteiger partial charge in [0.15, 0.2) is 10.9 Å². The van der Waals surface area contributed by atoms with Gasteiger partial charge in [-0.1, -0.05) is 52.0 Å². The minimum Gasteiger partial charge on any atom is -0.504 e. The first-order valence-electron chi connectivity index (χ1n) is 5.80. The molecule has 0 spiro atoms. The predicted molar refractivity (Wildman–Crippen MR) is 74.5 cm³/mol. The second kappa shape index (κ2) is 11.4. The van der Waals surface area contributed by atoms with Gasteiger partial charge >= 0.3 is 0 Å². The van der Waals surface area contributed by atoms with Crippen molar-refractivity contribution < 1.29 is 10.2 Å². The van der Waals surface area contributed by atoms with E-state index in [9.17, 15) is 5.11 Å². The summed E-state index contributed by atoms with van der Waals surface area (Å²) < 4.78 is 0. The van der Waals surface area contributed by atoms with Crippen molar-refractivity contribution in [2.45, 2.75) is 34.1 Å². The molecule has 1 aromatic rings. The molecule has 0 aliphatic rings. The van der Waals surface area contributed by atoms with Crippen LogP contribution in [0.3, 0.4) is 0 Å². The minimum absolute atomic E-state index is 0.00465. The molecule has 0 unspecified atom stereocenters. The van der Waals surface area contributed by atoms with Crippen LogP contribution in [0.2, 0.25) is 5.15 Å². The predicted octanol–water partition coefficient (Wildman–Crippen LogP) is 3.67. The van der Waals surface area contributed by atoms with E-state index < -0.39 is 0 Å². The Morgan fingerprint density at radius 3 is 2.29 bits per heavy atom. The summed E-state index contributed by atoms with van der Waals surface area (Å²) in [5.74, 6) is -0.0710. The van der Waals surface area contributed by atoms with Crippen LogP contribution in [0.15, 0.2) is 12.6 Å². The van der Waals surface area contributed by atoms with Crippen molar-refractivity contribution in [1.29, 1.82) is 0 Å². The molecule has 0 fully saturated rings. The smallest absolute Gasteiger partial charge is 0.171 e. The van der Waals surface area contributed by atoms with Gasteiger partial charge in [-0.3, -0.25) is 0 Å². The summed E-state index contributed by atoms with van der Waals surface area (Å²) in [5, 5.41) is 18.1. The van der Waals surface area contributed by atoms with Crippen LogP contribution in [0.5, 0.6) is 5.75 Å². The number of aliphatic hydroxyl groups is 1. The molecule has 0 aromatic carbocycles. The third kappa shape index (κ3) is 6.29. The number of rotatable bonds is 3. The third-order valence-corrected chi connectivity index (χ3v) is 1.88. The number of halogens is 1. The van der Waals surface area contributed by atoms with Gasteiger partial charge in [-0.05, 0) is 6.07 Å². The lowest BCUT2D eigenvalue weighted by atomic mass is 10.2. The van der Waals surface area contributed by atoms with Crippen molar-refractivity contribution in [3.05, 3.63) is 29.1 Å². The number of hydrogen-bond acceptors (Lipinski definition) is 3. The topological polar surface area (TPSA) is 53.4 Å². The third-order valence-electron chi connectivity index (χ3n) is 1.62. The quantitative estimate of drug-likeness (QED) is 0.815. The fourth-order valence-corrected chi connectivity index (χ4v) is 1.19. The molecule has 0 amide bonds. The molecule has 0 atom stereocenters. The molecule has 0 bridgehead atoms. The maximum atomic E-state index is 9.36. The average molecular weight is 260 g/mol. The van der Waals surface area contributed by atoms with Crippen LogP contribution in [0.25, 0.3) is 6.08 Å². The summed E-state index contributed by atoms with van der Waals surface area (Å²) in [4.78, 5) is 3.88. The molecule has 2 N–H and O–H groups in total. The largest absolute Gasteiger partial charge is 0.504 e. The molecular weight excluding hydrogens is 238 g/mol. The van der Waals surface area contributed by atoms with Gasteiger partial charge in [0.2, 0.25) is 0 Å². The first-order valence-corrected chi connectivity index (χ1v) is 6.18. The van der Waals surface area contributed by atoms with Gasteiger partial charge in [0.05, 0.1) is 0 Å². The van der Waals surface area contributed by atoms with Crippen molar-refractivity contribution in [2.75, 3.05) is 6.61 Å². The first-order chi connectivity index (χ1) is 8.19. The van der Waals surface area contributed by atoms with E-state index in [1.165, 1.54) is 6.08 Å². The van der Waals surface area contributed by atoms with E-state index in [4.69, 9.17) is 16.7 Å². The van der Waals surface area contributed by atoms with Gasteiger partial charge in [0, 0.05) is 24.3 Å². The Balaban J connectivity index is 0. The van der Waals surface area contributed by atoms with E-state index in [1.807, 2.05) is 27.7 Å². The zero-order chi connectivity index (χ0) is 13.8. The molecule has 0 radical (unpaired) electrons. The van der Waals surface area contributed by atoms with E-state index in [-0.39, 0.29) is 17.5 Å². The van der Waals surface area contributed by atoms with E-state index in [0.717, 1.165) is 0 Å². The molecule has 98 valence electrons. The Bertz CT molecular complexity index is 327. The lowest BCUT2D eigenvalue weighted by molar-refractivity contribution is 0.298. The lowest BCUT2D eigenvalue weighted by Gasteiger charge is -2.04. The Kier molecular flexibility index (Phi) is 12.3. The van der Waals surface area contributed by atoms with Crippen molar-refractivity contribution in [1.82, 2.24) is 4.98 Å². The van der Waals surface area contributed by atoms with E-state index >= 15 is 0 Å². The van der Waals surface area contributed by atoms with Crippen LogP contribution < -0.4 is 0 Å². The number of aromatic nitrogens is 1. The summed E-state index contributed by atoms with van der Waals surface area (Å²) >= 11 is 5.64. The molecule has 0 saturated carbocycles. The van der Waals surface area contributed by atoms with E-state index in [1.54, 1.807) is 6.07 Å². The average Bonchev–Trinajstić information content (AvgIpc) is 2.38. The second-order valence-electron chi connectivity index (χ2n) is 2.52. The summed E-state index contributed by atoms with van der Waals surface area (Å²) in [6.07, 6.45) is 1.91. The lowest BCUT2D eigenvalue weighted by Crippen LogP contribution is -1.96. The highest BCUT2D eigenvalue weighted by molar-refractivity contribution is 6.31. The number of nitrogens with zero attached hydrogens (tertiary/aromatic N) is 1. The summed E-state index contributed by atoms with van der Waals surface area (Å²) in [6.45, 7) is 11.5. The highest BCUT2D eigenvalue weighted by atomic mass is 35.5. The fourth-order valence-electron chi connectivity index (χ4n) is 0.976. The normalized spacial score (nSPS) is 8.35. The Morgan fingerprint density at radius 1 is 1.35 bits per heavy atom. The number of aromatic hydroxyl groups is 1. The van der Waals surface area contributed by atoms with Crippen LogP contribution in [-0.4, -0.2) is 21.8 Å². The van der Waals surface area contributed by atoms with Gasteiger partial charge in [-0.2, -0.15) is 0 Å². The molecule has 3 nitrogen and oxygen atoms in total. The summed E-state index contributed by atoms with van der Waals surface area (Å²) in [7, 11) is 0. The van der Waals surface area contributed by atoms with Crippen molar-refractivity contribution >= 4 is 17.7 Å². The van der Waals surface area contributed by atoms with Gasteiger partial charge in [0.25, 0.3) is 0 Å². The number of pyridine rings is 1. The van der Waals surface area contributed by atoms with Gasteiger partial charge in [-0.25, -0.2) is 4.98 Å². The van der Waals surface area contributed by atoms with Crippen LogP contribution in [0.4, 0.5) is 0 Å². The molecule has 4 heteroatoms. The van der Waals surface area contributed by atoms with Crippen LogP contribution in [0, 0.1) is 0 Å². The molecule has 1 rings (SSSR count). The Morgan fingerprint density at radius 2 is 1.88 bits per heavy atom. The van der Waals surface area contributed by atoms with E-state index in [0.29, 0.717) is 17.7 Å². The highest BCUT2D eigenvalue weighted by Crippen LogP contribution is 2.26.